The molecule has 1 amide bonds. The van der Waals surface area contributed by atoms with Crippen LogP contribution in [0.4, 0.5) is 5.69 Å². The van der Waals surface area contributed by atoms with Crippen LogP contribution >= 0.6 is 11.6 Å². The Morgan fingerprint density at radius 3 is 2.39 bits per heavy atom. The van der Waals surface area contributed by atoms with Gasteiger partial charge in [-0.25, -0.2) is 12.7 Å². The highest BCUT2D eigenvalue weighted by molar-refractivity contribution is 7.88. The first kappa shape index (κ1) is 23.9. The number of ether oxygens (including phenoxy) is 1. The zero-order valence-corrected chi connectivity index (χ0v) is 20.4. The Kier molecular flexibility index (Phi) is 7.46. The largest absolute Gasteiger partial charge is 0.497 e. The third kappa shape index (κ3) is 5.62. The molecule has 7 nitrogen and oxygen atoms in total. The molecule has 0 spiro atoms. The number of sulfonamides is 1. The second kappa shape index (κ2) is 10.3. The Morgan fingerprint density at radius 2 is 1.73 bits per heavy atom. The smallest absolute Gasteiger partial charge is 0.227 e. The quantitative estimate of drug-likeness (QED) is 0.620. The number of nitrogens with zero attached hydrogens (tertiary/aromatic N) is 3. The topological polar surface area (TPSA) is 70.2 Å². The number of piperidine rings is 1. The molecule has 0 N–H and O–H groups in total. The zero-order valence-electron chi connectivity index (χ0n) is 18.8. The summed E-state index contributed by atoms with van der Waals surface area (Å²) in [4.78, 5) is 17.4. The van der Waals surface area contributed by atoms with Crippen molar-refractivity contribution in [3.63, 3.8) is 0 Å². The Bertz CT molecular complexity index is 1070. The summed E-state index contributed by atoms with van der Waals surface area (Å²) < 4.78 is 32.7. The number of hydrogen-bond acceptors (Lipinski definition) is 5. The molecule has 33 heavy (non-hydrogen) atoms. The van der Waals surface area contributed by atoms with Crippen molar-refractivity contribution in [2.75, 3.05) is 51.3 Å². The normalized spacial score (nSPS) is 20.0. The number of methoxy groups -OCH3 is 1. The van der Waals surface area contributed by atoms with Gasteiger partial charge in [-0.1, -0.05) is 29.8 Å². The molecule has 9 heteroatoms. The van der Waals surface area contributed by atoms with Gasteiger partial charge >= 0.3 is 0 Å². The molecule has 2 fully saturated rings. The van der Waals surface area contributed by atoms with Crippen molar-refractivity contribution in [1.82, 2.24) is 9.21 Å². The molecule has 2 aliphatic rings. The summed E-state index contributed by atoms with van der Waals surface area (Å²) in [5.41, 5.74) is 1.69. The lowest BCUT2D eigenvalue weighted by Gasteiger charge is -2.39. The minimum atomic E-state index is -3.55. The van der Waals surface area contributed by atoms with Crippen molar-refractivity contribution in [2.24, 2.45) is 5.92 Å². The van der Waals surface area contributed by atoms with Gasteiger partial charge < -0.3 is 14.5 Å². The van der Waals surface area contributed by atoms with E-state index in [4.69, 9.17) is 16.3 Å². The Morgan fingerprint density at radius 1 is 1.03 bits per heavy atom. The van der Waals surface area contributed by atoms with Crippen LogP contribution in [0.1, 0.15) is 18.4 Å². The highest BCUT2D eigenvalue weighted by Crippen LogP contribution is 2.26. The summed E-state index contributed by atoms with van der Waals surface area (Å²) in [6.45, 7) is 3.45. The minimum Gasteiger partial charge on any atom is -0.497 e. The summed E-state index contributed by atoms with van der Waals surface area (Å²) in [7, 11) is -1.90. The number of rotatable bonds is 6. The predicted octanol–water partition coefficient (Wildman–Crippen LogP) is 3.24. The number of hydrogen-bond donors (Lipinski definition) is 0. The van der Waals surface area contributed by atoms with Crippen molar-refractivity contribution in [3.8, 4) is 5.75 Å². The van der Waals surface area contributed by atoms with Crippen molar-refractivity contribution in [1.29, 1.82) is 0 Å². The summed E-state index contributed by atoms with van der Waals surface area (Å²) in [5.74, 6) is 0.432. The molecule has 0 unspecified atom stereocenters. The zero-order chi connectivity index (χ0) is 23.4. The molecule has 0 aromatic heterocycles. The molecule has 2 aliphatic heterocycles. The molecule has 2 aromatic rings. The SMILES string of the molecule is COc1ccc(N2CCN(C(=O)[C@H]3CCCN(S(=O)(=O)Cc4ccccc4Cl)C3)CC2)cc1. The van der Waals surface area contributed by atoms with Crippen LogP contribution in [0.15, 0.2) is 48.5 Å². The maximum absolute atomic E-state index is 13.2. The standard InChI is InChI=1S/C24H30ClN3O4S/c1-32-22-10-8-21(9-11-22)26-13-15-27(16-14-26)24(29)19-6-4-12-28(17-19)33(30,31)18-20-5-2-3-7-23(20)25/h2-3,5,7-11,19H,4,6,12-18H2,1H3/t19-/m0/s1. The maximum Gasteiger partial charge on any atom is 0.227 e. The average Bonchev–Trinajstić information content (AvgIpc) is 2.85. The van der Waals surface area contributed by atoms with Gasteiger partial charge in [0.1, 0.15) is 5.75 Å². The number of anilines is 1. The van der Waals surface area contributed by atoms with E-state index in [0.29, 0.717) is 36.6 Å². The Balaban J connectivity index is 1.34. The molecule has 0 saturated carbocycles. The molecule has 1 atom stereocenters. The number of piperazine rings is 1. The first-order chi connectivity index (χ1) is 15.9. The average molecular weight is 492 g/mol. The number of carbonyl (C=O) groups is 1. The molecule has 0 radical (unpaired) electrons. The number of amides is 1. The van der Waals surface area contributed by atoms with E-state index >= 15 is 0 Å². The summed E-state index contributed by atoms with van der Waals surface area (Å²) >= 11 is 6.17. The third-order valence-electron chi connectivity index (χ3n) is 6.45. The molecule has 0 bridgehead atoms. The molecule has 2 saturated heterocycles. The van der Waals surface area contributed by atoms with Gasteiger partial charge in [0, 0.05) is 50.0 Å². The first-order valence-electron chi connectivity index (χ1n) is 11.3. The van der Waals surface area contributed by atoms with Crippen LogP contribution in [0.3, 0.4) is 0 Å². The van der Waals surface area contributed by atoms with Gasteiger partial charge in [0.25, 0.3) is 0 Å². The van der Waals surface area contributed by atoms with Crippen LogP contribution in [0.2, 0.25) is 5.02 Å². The van der Waals surface area contributed by atoms with Crippen LogP contribution in [0.25, 0.3) is 0 Å². The van der Waals surface area contributed by atoms with Crippen LogP contribution in [-0.2, 0) is 20.6 Å². The van der Waals surface area contributed by atoms with E-state index in [-0.39, 0.29) is 24.1 Å². The van der Waals surface area contributed by atoms with E-state index in [1.807, 2.05) is 29.2 Å². The lowest BCUT2D eigenvalue weighted by Crippen LogP contribution is -2.53. The molecule has 178 valence electrons. The van der Waals surface area contributed by atoms with Gasteiger partial charge in [-0.3, -0.25) is 4.79 Å². The Labute approximate surface area is 200 Å². The molecule has 2 aromatic carbocycles. The lowest BCUT2D eigenvalue weighted by molar-refractivity contribution is -0.137. The second-order valence-corrected chi connectivity index (χ2v) is 10.9. The van der Waals surface area contributed by atoms with E-state index in [2.05, 4.69) is 4.90 Å². The van der Waals surface area contributed by atoms with Gasteiger partial charge in [0.05, 0.1) is 18.8 Å². The van der Waals surface area contributed by atoms with Crippen LogP contribution in [0.5, 0.6) is 5.75 Å². The molecule has 4 rings (SSSR count). The van der Waals surface area contributed by atoms with Gasteiger partial charge in [0.15, 0.2) is 0 Å². The Hall–Kier alpha value is -2.29. The van der Waals surface area contributed by atoms with Crippen molar-refractivity contribution < 1.29 is 17.9 Å². The third-order valence-corrected chi connectivity index (χ3v) is 8.61. The number of halogens is 1. The molecular weight excluding hydrogens is 462 g/mol. The lowest BCUT2D eigenvalue weighted by atomic mass is 9.97. The molecule has 2 heterocycles. The predicted molar refractivity (Wildman–Crippen MR) is 130 cm³/mol. The fourth-order valence-electron chi connectivity index (χ4n) is 4.54. The van der Waals surface area contributed by atoms with Gasteiger partial charge in [-0.2, -0.15) is 0 Å². The summed E-state index contributed by atoms with van der Waals surface area (Å²) in [6, 6.07) is 14.9. The summed E-state index contributed by atoms with van der Waals surface area (Å²) in [6.07, 6.45) is 1.40. The highest BCUT2D eigenvalue weighted by atomic mass is 35.5. The number of carbonyl (C=O) groups excluding carboxylic acids is 1. The first-order valence-corrected chi connectivity index (χ1v) is 13.2. The van der Waals surface area contributed by atoms with Crippen molar-refractivity contribution >= 4 is 33.2 Å². The van der Waals surface area contributed by atoms with E-state index in [1.54, 1.807) is 31.4 Å². The maximum atomic E-state index is 13.2. The van der Waals surface area contributed by atoms with E-state index in [1.165, 1.54) is 4.31 Å². The van der Waals surface area contributed by atoms with Gasteiger partial charge in [0.2, 0.25) is 15.9 Å². The second-order valence-electron chi connectivity index (χ2n) is 8.56. The fourth-order valence-corrected chi connectivity index (χ4v) is 6.46. The molecule has 0 aliphatic carbocycles. The van der Waals surface area contributed by atoms with Crippen LogP contribution in [-0.4, -0.2) is 69.9 Å². The number of benzene rings is 2. The van der Waals surface area contributed by atoms with Crippen molar-refractivity contribution in [2.45, 2.75) is 18.6 Å². The highest BCUT2D eigenvalue weighted by Gasteiger charge is 2.35. The van der Waals surface area contributed by atoms with E-state index in [0.717, 1.165) is 30.9 Å². The monoisotopic (exact) mass is 491 g/mol. The van der Waals surface area contributed by atoms with Crippen molar-refractivity contribution in [3.05, 3.63) is 59.1 Å². The van der Waals surface area contributed by atoms with Crippen LogP contribution < -0.4 is 9.64 Å². The van der Waals surface area contributed by atoms with Gasteiger partial charge in [-0.05, 0) is 48.7 Å². The minimum absolute atomic E-state index is 0.0574. The van der Waals surface area contributed by atoms with E-state index in [9.17, 15) is 13.2 Å². The van der Waals surface area contributed by atoms with E-state index < -0.39 is 10.0 Å². The molecular formula is C24H30ClN3O4S. The summed E-state index contributed by atoms with van der Waals surface area (Å²) in [5, 5.41) is 0.445. The van der Waals surface area contributed by atoms with Gasteiger partial charge in [-0.15, -0.1) is 0 Å². The van der Waals surface area contributed by atoms with Crippen LogP contribution in [0, 0.1) is 5.92 Å². The fraction of sp³-hybridized carbons (Fsp3) is 0.458.